The smallest absolute Gasteiger partial charge is 0.207 e. The molecule has 0 atom stereocenters. The minimum Gasteiger partial charge on any atom is -0.207 e. The molecule has 1 aromatic rings. The lowest BCUT2D eigenvalue weighted by molar-refractivity contribution is 0.579. The summed E-state index contributed by atoms with van der Waals surface area (Å²) < 4.78 is 26.6. The van der Waals surface area contributed by atoms with E-state index < -0.39 is 10.0 Å². The Morgan fingerprint density at radius 2 is 1.62 bits per heavy atom. The van der Waals surface area contributed by atoms with Gasteiger partial charge in [-0.15, -0.1) is 0 Å². The molecule has 4 heteroatoms. The third-order valence-corrected chi connectivity index (χ3v) is 4.27. The zero-order valence-electron chi connectivity index (χ0n) is 9.36. The number of hydrogen-bond acceptors (Lipinski definition) is 2. The molecule has 1 N–H and O–H groups in total. The van der Waals surface area contributed by atoms with Gasteiger partial charge in [0.25, 0.3) is 0 Å². The number of sulfonamides is 1. The summed E-state index contributed by atoms with van der Waals surface area (Å²) in [5, 5.41) is 0. The topological polar surface area (TPSA) is 46.2 Å². The summed E-state index contributed by atoms with van der Waals surface area (Å²) in [5.41, 5.74) is 1.06. The maximum Gasteiger partial charge on any atom is 0.241 e. The Kier molecular flexibility index (Phi) is 3.30. The average Bonchev–Trinajstić information content (AvgIpc) is 2.70. The molecule has 87 valence electrons. The van der Waals surface area contributed by atoms with Crippen LogP contribution < -0.4 is 4.72 Å². The summed E-state index contributed by atoms with van der Waals surface area (Å²) in [7, 11) is -3.35. The highest BCUT2D eigenvalue weighted by Gasteiger charge is 2.23. The van der Waals surface area contributed by atoms with Crippen LogP contribution in [0.2, 0.25) is 0 Å². The van der Waals surface area contributed by atoms with Crippen LogP contribution in [0.5, 0.6) is 0 Å². The van der Waals surface area contributed by atoms with Crippen molar-refractivity contribution in [2.24, 2.45) is 0 Å². The summed E-state index contributed by atoms with van der Waals surface area (Å²) in [4.78, 5) is 0.345. The van der Waals surface area contributed by atoms with E-state index in [9.17, 15) is 8.42 Å². The first-order chi connectivity index (χ1) is 7.58. The van der Waals surface area contributed by atoms with E-state index in [-0.39, 0.29) is 0 Å². The minimum absolute atomic E-state index is 0.345. The van der Waals surface area contributed by atoms with Crippen LogP contribution in [-0.4, -0.2) is 8.42 Å². The van der Waals surface area contributed by atoms with Gasteiger partial charge >= 0.3 is 0 Å². The van der Waals surface area contributed by atoms with Crippen LogP contribution in [0.15, 0.2) is 29.2 Å². The van der Waals surface area contributed by atoms with Gasteiger partial charge in [0.2, 0.25) is 10.0 Å². The van der Waals surface area contributed by atoms with Crippen LogP contribution >= 0.6 is 0 Å². The maximum atomic E-state index is 12.0. The highest BCUT2D eigenvalue weighted by molar-refractivity contribution is 7.89. The van der Waals surface area contributed by atoms with Crippen molar-refractivity contribution in [3.8, 4) is 0 Å². The second kappa shape index (κ2) is 4.55. The van der Waals surface area contributed by atoms with Crippen LogP contribution in [0, 0.1) is 13.0 Å². The first-order valence-corrected chi connectivity index (χ1v) is 7.00. The largest absolute Gasteiger partial charge is 0.241 e. The zero-order valence-corrected chi connectivity index (χ0v) is 10.2. The van der Waals surface area contributed by atoms with Gasteiger partial charge in [-0.1, -0.05) is 30.5 Å². The molecular weight excluding hydrogens is 222 g/mol. The maximum absolute atomic E-state index is 12.0. The third kappa shape index (κ3) is 2.62. The molecule has 2 rings (SSSR count). The molecule has 1 aromatic carbocycles. The lowest BCUT2D eigenvalue weighted by atomic mass is 10.2. The molecule has 0 aromatic heterocycles. The predicted octanol–water partition coefficient (Wildman–Crippen LogP) is 2.38. The summed E-state index contributed by atoms with van der Waals surface area (Å²) in [6, 6.07) is 7.86. The first-order valence-electron chi connectivity index (χ1n) is 5.52. The molecule has 1 aliphatic rings. The molecule has 0 heterocycles. The Morgan fingerprint density at radius 1 is 1.06 bits per heavy atom. The summed E-state index contributed by atoms with van der Waals surface area (Å²) >= 11 is 0. The molecular formula is C12H16NO2S. The van der Waals surface area contributed by atoms with Gasteiger partial charge in [0.15, 0.2) is 0 Å². The molecule has 1 saturated carbocycles. The molecule has 1 aliphatic carbocycles. The second-order valence-electron chi connectivity index (χ2n) is 4.23. The Balaban J connectivity index is 2.14. The molecule has 0 spiro atoms. The van der Waals surface area contributed by atoms with E-state index in [0.717, 1.165) is 37.3 Å². The van der Waals surface area contributed by atoms with Crippen molar-refractivity contribution >= 4 is 10.0 Å². The molecule has 0 aliphatic heterocycles. The number of hydrogen-bond donors (Lipinski definition) is 1. The van der Waals surface area contributed by atoms with Crippen molar-refractivity contribution in [1.82, 2.24) is 4.72 Å². The van der Waals surface area contributed by atoms with E-state index in [1.807, 2.05) is 19.1 Å². The van der Waals surface area contributed by atoms with Crippen LogP contribution in [0.3, 0.4) is 0 Å². The van der Waals surface area contributed by atoms with Crippen molar-refractivity contribution in [1.29, 1.82) is 0 Å². The Morgan fingerprint density at radius 3 is 2.19 bits per heavy atom. The average molecular weight is 238 g/mol. The second-order valence-corrected chi connectivity index (χ2v) is 5.91. The number of nitrogens with one attached hydrogen (secondary N) is 1. The van der Waals surface area contributed by atoms with Crippen molar-refractivity contribution in [2.75, 3.05) is 0 Å². The Hall–Kier alpha value is -0.870. The van der Waals surface area contributed by atoms with Crippen LogP contribution in [0.25, 0.3) is 0 Å². The van der Waals surface area contributed by atoms with Crippen molar-refractivity contribution in [2.45, 2.75) is 37.5 Å². The fraction of sp³-hybridized carbons (Fsp3) is 0.417. The van der Waals surface area contributed by atoms with Gasteiger partial charge in [-0.3, -0.25) is 0 Å². The van der Waals surface area contributed by atoms with E-state index in [4.69, 9.17) is 0 Å². The minimum atomic E-state index is -3.35. The first kappa shape index (κ1) is 11.6. The quantitative estimate of drug-likeness (QED) is 0.878. The van der Waals surface area contributed by atoms with Crippen LogP contribution in [0.1, 0.15) is 31.2 Å². The van der Waals surface area contributed by atoms with Crippen LogP contribution in [-0.2, 0) is 10.0 Å². The van der Waals surface area contributed by atoms with Gasteiger partial charge in [0, 0.05) is 0 Å². The van der Waals surface area contributed by atoms with Crippen molar-refractivity contribution in [3.63, 3.8) is 0 Å². The fourth-order valence-corrected chi connectivity index (χ4v) is 3.07. The predicted molar refractivity (Wildman–Crippen MR) is 63.2 cm³/mol. The van der Waals surface area contributed by atoms with E-state index in [0.29, 0.717) is 4.90 Å². The van der Waals surface area contributed by atoms with Crippen molar-refractivity contribution < 1.29 is 8.42 Å². The van der Waals surface area contributed by atoms with E-state index in [1.165, 1.54) is 0 Å². The van der Waals surface area contributed by atoms with Gasteiger partial charge in [0.1, 0.15) is 0 Å². The van der Waals surface area contributed by atoms with E-state index in [1.54, 1.807) is 12.1 Å². The van der Waals surface area contributed by atoms with Crippen molar-refractivity contribution in [3.05, 3.63) is 35.9 Å². The lowest BCUT2D eigenvalue weighted by Gasteiger charge is -2.11. The molecule has 0 saturated heterocycles. The molecule has 1 fully saturated rings. The fourth-order valence-electron chi connectivity index (χ4n) is 1.87. The highest BCUT2D eigenvalue weighted by atomic mass is 32.2. The molecule has 3 nitrogen and oxygen atoms in total. The van der Waals surface area contributed by atoms with E-state index in [2.05, 4.69) is 4.72 Å². The number of benzene rings is 1. The Bertz CT molecular complexity index is 444. The summed E-state index contributed by atoms with van der Waals surface area (Å²) in [5.74, 6) is 0. The SMILES string of the molecule is Cc1ccc(S(=O)(=O)N[C]2CCCC2)cc1. The lowest BCUT2D eigenvalue weighted by Crippen LogP contribution is -2.26. The van der Waals surface area contributed by atoms with Gasteiger partial charge in [-0.2, -0.15) is 0 Å². The summed E-state index contributed by atoms with van der Waals surface area (Å²) in [6.45, 7) is 1.94. The molecule has 0 unspecified atom stereocenters. The normalized spacial score (nSPS) is 17.8. The monoisotopic (exact) mass is 238 g/mol. The summed E-state index contributed by atoms with van der Waals surface area (Å²) in [6.07, 6.45) is 3.94. The van der Waals surface area contributed by atoms with Crippen LogP contribution in [0.4, 0.5) is 0 Å². The van der Waals surface area contributed by atoms with Gasteiger partial charge in [-0.05, 0) is 31.9 Å². The van der Waals surface area contributed by atoms with Gasteiger partial charge in [0.05, 0.1) is 10.9 Å². The third-order valence-electron chi connectivity index (χ3n) is 2.82. The molecule has 0 bridgehead atoms. The van der Waals surface area contributed by atoms with E-state index >= 15 is 0 Å². The zero-order chi connectivity index (χ0) is 11.6. The molecule has 1 radical (unpaired) electrons. The molecule has 16 heavy (non-hydrogen) atoms. The Labute approximate surface area is 96.9 Å². The number of aryl methyl sites for hydroxylation is 1. The molecule has 0 amide bonds. The van der Waals surface area contributed by atoms with Gasteiger partial charge < -0.3 is 0 Å². The van der Waals surface area contributed by atoms with Gasteiger partial charge in [-0.25, -0.2) is 13.1 Å². The highest BCUT2D eigenvalue weighted by Crippen LogP contribution is 2.26. The number of rotatable bonds is 3. The standard InChI is InChI=1S/C12H16NO2S/c1-10-6-8-12(9-7-10)16(14,15)13-11-4-2-3-5-11/h6-9,13H,2-5H2,1H3.